The molecule has 0 aromatic rings. The molecule has 1 rings (SSSR count). The van der Waals surface area contributed by atoms with Crippen LogP contribution in [0.3, 0.4) is 0 Å². The molecule has 4 nitrogen and oxygen atoms in total. The second-order valence-corrected chi connectivity index (χ2v) is 3.89. The van der Waals surface area contributed by atoms with Gasteiger partial charge < -0.3 is 16.0 Å². The number of nitrogens with zero attached hydrogens (tertiary/aromatic N) is 1. The fourth-order valence-electron chi connectivity index (χ4n) is 1.80. The van der Waals surface area contributed by atoms with Crippen LogP contribution < -0.4 is 11.1 Å². The SMILES string of the molecule is CC1CNCC(C)N1C(=O)[C@@H](C)N. The normalized spacial score (nSPS) is 31.5. The van der Waals surface area contributed by atoms with E-state index in [1.807, 2.05) is 18.7 Å². The smallest absolute Gasteiger partial charge is 0.239 e. The molecule has 3 atom stereocenters. The average molecular weight is 185 g/mol. The van der Waals surface area contributed by atoms with E-state index in [0.717, 1.165) is 13.1 Å². The first-order valence-electron chi connectivity index (χ1n) is 4.82. The van der Waals surface area contributed by atoms with E-state index in [2.05, 4.69) is 5.32 Å². The molecule has 1 amide bonds. The van der Waals surface area contributed by atoms with Crippen LogP contribution in [0.2, 0.25) is 0 Å². The number of nitrogens with two attached hydrogens (primary N) is 1. The summed E-state index contributed by atoms with van der Waals surface area (Å²) in [5.74, 6) is 0.0569. The van der Waals surface area contributed by atoms with Crippen molar-refractivity contribution in [3.05, 3.63) is 0 Å². The minimum Gasteiger partial charge on any atom is -0.333 e. The summed E-state index contributed by atoms with van der Waals surface area (Å²) in [4.78, 5) is 13.6. The Morgan fingerprint density at radius 1 is 1.46 bits per heavy atom. The van der Waals surface area contributed by atoms with Crippen molar-refractivity contribution in [2.24, 2.45) is 5.73 Å². The molecule has 1 aliphatic heterocycles. The summed E-state index contributed by atoms with van der Waals surface area (Å²) in [6, 6.07) is 0.118. The van der Waals surface area contributed by atoms with Crippen molar-refractivity contribution in [1.29, 1.82) is 0 Å². The third-order valence-corrected chi connectivity index (χ3v) is 2.47. The molecule has 0 bridgehead atoms. The van der Waals surface area contributed by atoms with E-state index in [9.17, 15) is 4.79 Å². The van der Waals surface area contributed by atoms with Gasteiger partial charge in [0.1, 0.15) is 0 Å². The summed E-state index contributed by atoms with van der Waals surface area (Å²) in [6.07, 6.45) is 0. The van der Waals surface area contributed by atoms with Gasteiger partial charge in [0.2, 0.25) is 5.91 Å². The largest absolute Gasteiger partial charge is 0.333 e. The molecule has 0 spiro atoms. The molecule has 1 heterocycles. The minimum absolute atomic E-state index is 0.0569. The summed E-state index contributed by atoms with van der Waals surface area (Å²) in [6.45, 7) is 7.56. The lowest BCUT2D eigenvalue weighted by atomic mass is 10.1. The lowest BCUT2D eigenvalue weighted by Crippen LogP contribution is -2.60. The average Bonchev–Trinajstić information content (AvgIpc) is 2.03. The number of nitrogens with one attached hydrogen (secondary N) is 1. The van der Waals surface area contributed by atoms with Gasteiger partial charge in [0.05, 0.1) is 6.04 Å². The minimum atomic E-state index is -0.386. The fraction of sp³-hybridized carbons (Fsp3) is 0.889. The maximum absolute atomic E-state index is 11.7. The molecule has 13 heavy (non-hydrogen) atoms. The Bertz CT molecular complexity index is 183. The van der Waals surface area contributed by atoms with Crippen LogP contribution >= 0.6 is 0 Å². The highest BCUT2D eigenvalue weighted by Crippen LogP contribution is 2.10. The Morgan fingerprint density at radius 3 is 2.31 bits per heavy atom. The standard InChI is InChI=1S/C9H19N3O/c1-6-4-11-5-7(2)12(6)9(13)8(3)10/h6-8,11H,4-5,10H2,1-3H3/t6?,7?,8-/m1/s1. The van der Waals surface area contributed by atoms with Crippen LogP contribution in [-0.2, 0) is 4.79 Å². The molecule has 4 heteroatoms. The number of carbonyl (C=O) groups is 1. The van der Waals surface area contributed by atoms with Gasteiger partial charge in [0.15, 0.2) is 0 Å². The molecule has 2 unspecified atom stereocenters. The Hall–Kier alpha value is -0.610. The highest BCUT2D eigenvalue weighted by Gasteiger charge is 2.29. The number of hydrogen-bond acceptors (Lipinski definition) is 3. The second kappa shape index (κ2) is 4.07. The summed E-state index contributed by atoms with van der Waals surface area (Å²) < 4.78 is 0. The Balaban J connectivity index is 2.68. The van der Waals surface area contributed by atoms with Gasteiger partial charge in [-0.2, -0.15) is 0 Å². The maximum atomic E-state index is 11.7. The maximum Gasteiger partial charge on any atom is 0.239 e. The van der Waals surface area contributed by atoms with Crippen LogP contribution in [0, 0.1) is 0 Å². The van der Waals surface area contributed by atoms with Crippen LogP contribution in [-0.4, -0.2) is 42.0 Å². The first-order valence-corrected chi connectivity index (χ1v) is 4.82. The first-order chi connectivity index (χ1) is 6.04. The van der Waals surface area contributed by atoms with Gasteiger partial charge in [0.25, 0.3) is 0 Å². The second-order valence-electron chi connectivity index (χ2n) is 3.89. The molecule has 0 aromatic heterocycles. The summed E-state index contributed by atoms with van der Waals surface area (Å²) in [5, 5.41) is 3.27. The first kappa shape index (κ1) is 10.5. The summed E-state index contributed by atoms with van der Waals surface area (Å²) >= 11 is 0. The molecule has 0 aliphatic carbocycles. The predicted molar refractivity (Wildman–Crippen MR) is 52.3 cm³/mol. The molecule has 76 valence electrons. The molecule has 1 aliphatic rings. The van der Waals surface area contributed by atoms with Crippen molar-refractivity contribution in [1.82, 2.24) is 10.2 Å². The lowest BCUT2D eigenvalue weighted by Gasteiger charge is -2.40. The molecule has 0 radical (unpaired) electrons. The number of amides is 1. The van der Waals surface area contributed by atoms with Gasteiger partial charge in [-0.15, -0.1) is 0 Å². The van der Waals surface area contributed by atoms with E-state index in [1.54, 1.807) is 6.92 Å². The van der Waals surface area contributed by atoms with Crippen LogP contribution in [0.5, 0.6) is 0 Å². The molecule has 1 saturated heterocycles. The van der Waals surface area contributed by atoms with Crippen LogP contribution in [0.4, 0.5) is 0 Å². The van der Waals surface area contributed by atoms with Crippen LogP contribution in [0.1, 0.15) is 20.8 Å². The zero-order valence-electron chi connectivity index (χ0n) is 8.58. The van der Waals surface area contributed by atoms with Crippen LogP contribution in [0.15, 0.2) is 0 Å². The number of hydrogen-bond donors (Lipinski definition) is 2. The lowest BCUT2D eigenvalue weighted by molar-refractivity contribution is -0.137. The van der Waals surface area contributed by atoms with Gasteiger partial charge in [-0.1, -0.05) is 0 Å². The van der Waals surface area contributed by atoms with Crippen molar-refractivity contribution in [2.75, 3.05) is 13.1 Å². The zero-order chi connectivity index (χ0) is 10.0. The predicted octanol–water partition coefficient (Wildman–Crippen LogP) is -0.458. The van der Waals surface area contributed by atoms with Crippen molar-refractivity contribution < 1.29 is 4.79 Å². The number of rotatable bonds is 1. The quantitative estimate of drug-likeness (QED) is 0.581. The van der Waals surface area contributed by atoms with Crippen LogP contribution in [0.25, 0.3) is 0 Å². The Kier molecular flexibility index (Phi) is 3.27. The topological polar surface area (TPSA) is 58.4 Å². The number of carbonyl (C=O) groups excluding carboxylic acids is 1. The molecular weight excluding hydrogens is 166 g/mol. The molecule has 3 N–H and O–H groups in total. The van der Waals surface area contributed by atoms with Gasteiger partial charge in [0, 0.05) is 25.2 Å². The van der Waals surface area contributed by atoms with Gasteiger partial charge in [-0.05, 0) is 20.8 Å². The van der Waals surface area contributed by atoms with Gasteiger partial charge >= 0.3 is 0 Å². The Labute approximate surface area is 79.5 Å². The van der Waals surface area contributed by atoms with Crippen molar-refractivity contribution in [3.63, 3.8) is 0 Å². The monoisotopic (exact) mass is 185 g/mol. The van der Waals surface area contributed by atoms with E-state index < -0.39 is 0 Å². The van der Waals surface area contributed by atoms with E-state index in [4.69, 9.17) is 5.73 Å². The molecule has 1 fully saturated rings. The highest BCUT2D eigenvalue weighted by molar-refractivity contribution is 5.81. The van der Waals surface area contributed by atoms with E-state index in [1.165, 1.54) is 0 Å². The van der Waals surface area contributed by atoms with Crippen molar-refractivity contribution >= 4 is 5.91 Å². The molecular formula is C9H19N3O. The highest BCUT2D eigenvalue weighted by atomic mass is 16.2. The molecule has 0 aromatic carbocycles. The summed E-state index contributed by atoms with van der Waals surface area (Å²) in [7, 11) is 0. The van der Waals surface area contributed by atoms with Gasteiger partial charge in [-0.25, -0.2) is 0 Å². The van der Waals surface area contributed by atoms with E-state index in [0.29, 0.717) is 0 Å². The summed E-state index contributed by atoms with van der Waals surface area (Å²) in [5.41, 5.74) is 5.58. The van der Waals surface area contributed by atoms with E-state index in [-0.39, 0.29) is 24.0 Å². The number of piperazine rings is 1. The van der Waals surface area contributed by atoms with Crippen molar-refractivity contribution in [3.8, 4) is 0 Å². The third kappa shape index (κ3) is 2.19. The van der Waals surface area contributed by atoms with E-state index >= 15 is 0 Å². The van der Waals surface area contributed by atoms with Gasteiger partial charge in [-0.3, -0.25) is 4.79 Å². The van der Waals surface area contributed by atoms with Crippen molar-refractivity contribution in [2.45, 2.75) is 38.9 Å². The Morgan fingerprint density at radius 2 is 1.92 bits per heavy atom. The zero-order valence-corrected chi connectivity index (χ0v) is 8.58. The molecule has 0 saturated carbocycles. The fourth-order valence-corrected chi connectivity index (χ4v) is 1.80. The third-order valence-electron chi connectivity index (χ3n) is 2.47.